The van der Waals surface area contributed by atoms with Crippen LogP contribution in [0.4, 0.5) is 8.78 Å². The second kappa shape index (κ2) is 5.32. The van der Waals surface area contributed by atoms with Gasteiger partial charge in [-0.1, -0.05) is 23.4 Å². The molecule has 0 atom stereocenters. The van der Waals surface area contributed by atoms with Crippen LogP contribution >= 0.6 is 0 Å². The van der Waals surface area contributed by atoms with Gasteiger partial charge in [0.1, 0.15) is 5.75 Å². The van der Waals surface area contributed by atoms with Crippen molar-refractivity contribution in [2.45, 2.75) is 6.42 Å². The van der Waals surface area contributed by atoms with E-state index in [0.29, 0.717) is 17.0 Å². The van der Waals surface area contributed by atoms with E-state index in [1.807, 2.05) is 0 Å². The van der Waals surface area contributed by atoms with Crippen LogP contribution in [0, 0.1) is 11.6 Å². The highest BCUT2D eigenvalue weighted by Gasteiger charge is 2.11. The molecule has 2 aromatic carbocycles. The van der Waals surface area contributed by atoms with Gasteiger partial charge in [-0.05, 0) is 29.8 Å². The molecule has 0 aliphatic heterocycles. The molecule has 0 saturated carbocycles. The van der Waals surface area contributed by atoms with E-state index in [1.54, 1.807) is 12.1 Å². The predicted molar refractivity (Wildman–Crippen MR) is 70.6 cm³/mol. The van der Waals surface area contributed by atoms with E-state index in [-0.39, 0.29) is 18.1 Å². The molecule has 0 radical (unpaired) electrons. The van der Waals surface area contributed by atoms with E-state index in [4.69, 9.17) is 4.52 Å². The van der Waals surface area contributed by atoms with Gasteiger partial charge in [-0.3, -0.25) is 0 Å². The summed E-state index contributed by atoms with van der Waals surface area (Å²) < 4.78 is 31.1. The first kappa shape index (κ1) is 13.2. The van der Waals surface area contributed by atoms with Crippen LogP contribution in [-0.2, 0) is 6.42 Å². The second-order valence-electron chi connectivity index (χ2n) is 4.49. The fraction of sp³-hybridized carbons (Fsp3) is 0.0667. The normalized spacial score (nSPS) is 10.8. The summed E-state index contributed by atoms with van der Waals surface area (Å²) in [6.45, 7) is 0. The number of aromatic hydroxyl groups is 1. The Morgan fingerprint density at radius 1 is 1.05 bits per heavy atom. The maximum atomic E-state index is 13.1. The quantitative estimate of drug-likeness (QED) is 0.803. The van der Waals surface area contributed by atoms with Crippen molar-refractivity contribution in [3.63, 3.8) is 0 Å². The van der Waals surface area contributed by atoms with Crippen LogP contribution in [0.2, 0.25) is 0 Å². The van der Waals surface area contributed by atoms with Gasteiger partial charge in [0.15, 0.2) is 11.6 Å². The van der Waals surface area contributed by atoms with Gasteiger partial charge in [-0.15, -0.1) is 0 Å². The third kappa shape index (κ3) is 2.89. The Labute approximate surface area is 118 Å². The van der Waals surface area contributed by atoms with Crippen molar-refractivity contribution in [3.05, 3.63) is 65.6 Å². The zero-order chi connectivity index (χ0) is 14.8. The van der Waals surface area contributed by atoms with E-state index in [0.717, 1.165) is 12.1 Å². The fourth-order valence-electron chi connectivity index (χ4n) is 1.91. The first-order valence-electron chi connectivity index (χ1n) is 6.18. The Morgan fingerprint density at radius 3 is 2.67 bits per heavy atom. The molecule has 1 heterocycles. The summed E-state index contributed by atoms with van der Waals surface area (Å²) in [5.41, 5.74) is 1.13. The molecule has 0 aliphatic carbocycles. The van der Waals surface area contributed by atoms with Gasteiger partial charge in [0.2, 0.25) is 11.7 Å². The van der Waals surface area contributed by atoms with Gasteiger partial charge in [-0.2, -0.15) is 4.98 Å². The van der Waals surface area contributed by atoms with Crippen LogP contribution in [0.15, 0.2) is 47.0 Å². The molecule has 0 unspecified atom stereocenters. The topological polar surface area (TPSA) is 59.2 Å². The molecule has 3 rings (SSSR count). The highest BCUT2D eigenvalue weighted by atomic mass is 19.2. The fourth-order valence-corrected chi connectivity index (χ4v) is 1.91. The molecule has 106 valence electrons. The Balaban J connectivity index is 1.83. The predicted octanol–water partition coefficient (Wildman–Crippen LogP) is 3.31. The number of phenolic OH excluding ortho intramolecular Hbond substituents is 1. The number of hydrogen-bond acceptors (Lipinski definition) is 4. The van der Waals surface area contributed by atoms with Crippen LogP contribution in [0.5, 0.6) is 5.75 Å². The van der Waals surface area contributed by atoms with Gasteiger partial charge in [0, 0.05) is 5.56 Å². The first-order valence-corrected chi connectivity index (χ1v) is 6.18. The molecular formula is C15H10F2N2O2. The number of rotatable bonds is 3. The molecule has 0 amide bonds. The van der Waals surface area contributed by atoms with Crippen molar-refractivity contribution in [2.24, 2.45) is 0 Å². The van der Waals surface area contributed by atoms with Crippen LogP contribution in [-0.4, -0.2) is 15.2 Å². The van der Waals surface area contributed by atoms with Gasteiger partial charge < -0.3 is 9.63 Å². The SMILES string of the molecule is Oc1cccc(-c2noc(Cc3ccc(F)c(F)c3)n2)c1. The van der Waals surface area contributed by atoms with Crippen LogP contribution in [0.25, 0.3) is 11.4 Å². The monoisotopic (exact) mass is 288 g/mol. The summed E-state index contributed by atoms with van der Waals surface area (Å²) in [6, 6.07) is 10.0. The van der Waals surface area contributed by atoms with Crippen molar-refractivity contribution in [3.8, 4) is 17.1 Å². The summed E-state index contributed by atoms with van der Waals surface area (Å²) >= 11 is 0. The Kier molecular flexibility index (Phi) is 3.35. The van der Waals surface area contributed by atoms with Gasteiger partial charge in [0.05, 0.1) is 6.42 Å². The van der Waals surface area contributed by atoms with Crippen LogP contribution < -0.4 is 0 Å². The van der Waals surface area contributed by atoms with Crippen LogP contribution in [0.1, 0.15) is 11.5 Å². The number of aromatic nitrogens is 2. The average molecular weight is 288 g/mol. The lowest BCUT2D eigenvalue weighted by Crippen LogP contribution is -1.92. The number of nitrogens with zero attached hydrogens (tertiary/aromatic N) is 2. The Bertz CT molecular complexity index is 787. The lowest BCUT2D eigenvalue weighted by atomic mass is 10.1. The van der Waals surface area contributed by atoms with Crippen LogP contribution in [0.3, 0.4) is 0 Å². The van der Waals surface area contributed by atoms with Gasteiger partial charge in [0.25, 0.3) is 0 Å². The van der Waals surface area contributed by atoms with Crippen molar-refractivity contribution in [1.29, 1.82) is 0 Å². The lowest BCUT2D eigenvalue weighted by Gasteiger charge is -1.98. The van der Waals surface area contributed by atoms with E-state index >= 15 is 0 Å². The minimum Gasteiger partial charge on any atom is -0.508 e. The molecule has 0 aliphatic rings. The second-order valence-corrected chi connectivity index (χ2v) is 4.49. The molecule has 6 heteroatoms. The summed E-state index contributed by atoms with van der Waals surface area (Å²) in [5, 5.41) is 13.2. The van der Waals surface area contributed by atoms with Crippen molar-refractivity contribution in [1.82, 2.24) is 10.1 Å². The summed E-state index contributed by atoms with van der Waals surface area (Å²) in [7, 11) is 0. The smallest absolute Gasteiger partial charge is 0.231 e. The van der Waals surface area contributed by atoms with Gasteiger partial charge >= 0.3 is 0 Å². The number of benzene rings is 2. The third-order valence-electron chi connectivity index (χ3n) is 2.91. The van der Waals surface area contributed by atoms with Gasteiger partial charge in [-0.25, -0.2) is 8.78 Å². The third-order valence-corrected chi connectivity index (χ3v) is 2.91. The summed E-state index contributed by atoms with van der Waals surface area (Å²) in [4.78, 5) is 4.16. The lowest BCUT2D eigenvalue weighted by molar-refractivity contribution is 0.385. The molecule has 21 heavy (non-hydrogen) atoms. The molecule has 0 fully saturated rings. The molecule has 0 saturated heterocycles. The molecule has 0 spiro atoms. The summed E-state index contributed by atoms with van der Waals surface area (Å²) in [5.74, 6) is -1.12. The molecule has 1 N–H and O–H groups in total. The molecule has 0 bridgehead atoms. The molecule has 1 aromatic heterocycles. The molecular weight excluding hydrogens is 278 g/mol. The highest BCUT2D eigenvalue weighted by Crippen LogP contribution is 2.21. The Hall–Kier alpha value is -2.76. The molecule has 4 nitrogen and oxygen atoms in total. The van der Waals surface area contributed by atoms with E-state index in [1.165, 1.54) is 18.2 Å². The number of halogens is 2. The van der Waals surface area contributed by atoms with Crippen molar-refractivity contribution >= 4 is 0 Å². The van der Waals surface area contributed by atoms with Crippen molar-refractivity contribution < 1.29 is 18.4 Å². The highest BCUT2D eigenvalue weighted by molar-refractivity contribution is 5.56. The van der Waals surface area contributed by atoms with E-state index < -0.39 is 11.6 Å². The zero-order valence-electron chi connectivity index (χ0n) is 10.8. The zero-order valence-corrected chi connectivity index (χ0v) is 10.8. The largest absolute Gasteiger partial charge is 0.508 e. The minimum atomic E-state index is -0.916. The summed E-state index contributed by atoms with van der Waals surface area (Å²) in [6.07, 6.45) is 0.197. The van der Waals surface area contributed by atoms with Crippen molar-refractivity contribution in [2.75, 3.05) is 0 Å². The number of hydrogen-bond donors (Lipinski definition) is 1. The standard InChI is InChI=1S/C15H10F2N2O2/c16-12-5-4-9(6-13(12)17)7-14-18-15(19-21-14)10-2-1-3-11(20)8-10/h1-6,8,20H,7H2. The van der Waals surface area contributed by atoms with E-state index in [9.17, 15) is 13.9 Å². The number of phenols is 1. The first-order chi connectivity index (χ1) is 10.1. The van der Waals surface area contributed by atoms with E-state index in [2.05, 4.69) is 10.1 Å². The Morgan fingerprint density at radius 2 is 1.90 bits per heavy atom. The average Bonchev–Trinajstić information content (AvgIpc) is 2.91. The molecule has 3 aromatic rings. The maximum absolute atomic E-state index is 13.1. The maximum Gasteiger partial charge on any atom is 0.231 e. The minimum absolute atomic E-state index is 0.0967.